The highest BCUT2D eigenvalue weighted by molar-refractivity contribution is 6.01. The van der Waals surface area contributed by atoms with Crippen molar-refractivity contribution < 1.29 is 40.7 Å². The molecule has 4 rings (SSSR count). The lowest BCUT2D eigenvalue weighted by Crippen LogP contribution is -2.48. The summed E-state index contributed by atoms with van der Waals surface area (Å²) in [7, 11) is 2.95. The predicted molar refractivity (Wildman–Crippen MR) is 128 cm³/mol. The number of fused-ring (bicyclic) bond motifs is 1. The van der Waals surface area contributed by atoms with Crippen molar-refractivity contribution in [3.05, 3.63) is 70.3 Å². The van der Waals surface area contributed by atoms with E-state index in [4.69, 9.17) is 0 Å². The van der Waals surface area contributed by atoms with Crippen molar-refractivity contribution in [2.24, 2.45) is 5.92 Å². The van der Waals surface area contributed by atoms with Gasteiger partial charge in [0.25, 0.3) is 5.91 Å². The molecule has 2 aliphatic rings. The van der Waals surface area contributed by atoms with Crippen LogP contribution in [0.4, 0.5) is 26.3 Å². The molecule has 1 aliphatic heterocycles. The average molecular weight is 556 g/mol. The van der Waals surface area contributed by atoms with Gasteiger partial charge in [-0.05, 0) is 54.2 Å². The van der Waals surface area contributed by atoms with E-state index >= 15 is 0 Å². The van der Waals surface area contributed by atoms with Gasteiger partial charge in [-0.2, -0.15) is 26.3 Å². The van der Waals surface area contributed by atoms with E-state index in [0.717, 1.165) is 17.7 Å². The quantitative estimate of drug-likeness (QED) is 0.489. The number of carbonyl (C=O) groups excluding carboxylic acids is 3. The summed E-state index contributed by atoms with van der Waals surface area (Å²) in [5, 5.41) is 2.77. The highest BCUT2D eigenvalue weighted by atomic mass is 19.4. The zero-order valence-electron chi connectivity index (χ0n) is 21.2. The molecule has 1 aliphatic carbocycles. The average Bonchev–Trinajstić information content (AvgIpc) is 3.69. The molecular weight excluding hydrogens is 528 g/mol. The molecular formula is C27H27F6N3O3. The molecule has 1 N–H and O–H groups in total. The Morgan fingerprint density at radius 3 is 2.10 bits per heavy atom. The number of rotatable bonds is 7. The van der Waals surface area contributed by atoms with Crippen molar-refractivity contribution in [1.29, 1.82) is 0 Å². The number of alkyl halides is 6. The SMILES string of the molecule is CN(C)C(=O)CCN1C(=O)c2ccccc2C(C(=O)NCC2CC2)C1c1cc(C(F)(F)F)cc(C(F)(F)F)c1. The number of hydrogen-bond acceptors (Lipinski definition) is 3. The summed E-state index contributed by atoms with van der Waals surface area (Å²) < 4.78 is 82.5. The number of nitrogens with zero attached hydrogens (tertiary/aromatic N) is 2. The van der Waals surface area contributed by atoms with E-state index in [-0.39, 0.29) is 36.1 Å². The molecule has 0 aromatic heterocycles. The minimum atomic E-state index is -5.12. The molecule has 210 valence electrons. The number of amides is 3. The van der Waals surface area contributed by atoms with Crippen LogP contribution >= 0.6 is 0 Å². The molecule has 1 heterocycles. The Morgan fingerprint density at radius 2 is 1.56 bits per heavy atom. The van der Waals surface area contributed by atoms with Crippen molar-refractivity contribution in [3.8, 4) is 0 Å². The fourth-order valence-electron chi connectivity index (χ4n) is 4.76. The first-order chi connectivity index (χ1) is 18.2. The number of carbonyl (C=O) groups is 3. The van der Waals surface area contributed by atoms with E-state index in [9.17, 15) is 40.7 Å². The van der Waals surface area contributed by atoms with E-state index in [2.05, 4.69) is 5.32 Å². The van der Waals surface area contributed by atoms with E-state index < -0.39 is 58.7 Å². The third-order valence-electron chi connectivity index (χ3n) is 7.00. The molecule has 1 saturated carbocycles. The van der Waals surface area contributed by atoms with Crippen LogP contribution in [0.15, 0.2) is 42.5 Å². The Balaban J connectivity index is 1.91. The summed E-state index contributed by atoms with van der Waals surface area (Å²) in [6.07, 6.45) is -8.71. The maximum Gasteiger partial charge on any atom is 0.416 e. The molecule has 6 nitrogen and oxygen atoms in total. The van der Waals surface area contributed by atoms with Gasteiger partial charge in [-0.1, -0.05) is 18.2 Å². The van der Waals surface area contributed by atoms with Gasteiger partial charge < -0.3 is 15.1 Å². The first-order valence-corrected chi connectivity index (χ1v) is 12.4. The molecule has 39 heavy (non-hydrogen) atoms. The van der Waals surface area contributed by atoms with Gasteiger partial charge >= 0.3 is 12.4 Å². The monoisotopic (exact) mass is 555 g/mol. The van der Waals surface area contributed by atoms with Crippen molar-refractivity contribution in [3.63, 3.8) is 0 Å². The normalized spacial score (nSPS) is 19.5. The van der Waals surface area contributed by atoms with Crippen LogP contribution in [0.1, 0.15) is 63.8 Å². The number of hydrogen-bond donors (Lipinski definition) is 1. The number of benzene rings is 2. The zero-order valence-corrected chi connectivity index (χ0v) is 21.2. The lowest BCUT2D eigenvalue weighted by molar-refractivity contribution is -0.143. The molecule has 3 amide bonds. The molecule has 0 bridgehead atoms. The Morgan fingerprint density at radius 1 is 0.974 bits per heavy atom. The minimum absolute atomic E-state index is 0.00414. The zero-order chi connectivity index (χ0) is 28.7. The third-order valence-corrected chi connectivity index (χ3v) is 7.00. The maximum absolute atomic E-state index is 13.8. The standard InChI is InChI=1S/C27H27F6N3O3/c1-35(2)21(37)9-10-36-23(16-11-17(26(28,29)30)13-18(12-16)27(31,32)33)22(24(38)34-14-15-7-8-15)19-5-3-4-6-20(19)25(36)39/h3-6,11-13,15,22-23H,7-10,14H2,1-2H3,(H,34,38). The summed E-state index contributed by atoms with van der Waals surface area (Å²) >= 11 is 0. The molecule has 12 heteroatoms. The van der Waals surface area contributed by atoms with Gasteiger partial charge in [-0.25, -0.2) is 0 Å². The fraction of sp³-hybridized carbons (Fsp3) is 0.444. The predicted octanol–water partition coefficient (Wildman–Crippen LogP) is 5.01. The smallest absolute Gasteiger partial charge is 0.355 e. The highest BCUT2D eigenvalue weighted by Gasteiger charge is 2.46. The van der Waals surface area contributed by atoms with Crippen LogP contribution in [0.25, 0.3) is 0 Å². The van der Waals surface area contributed by atoms with Crippen LogP contribution in [0.2, 0.25) is 0 Å². The maximum atomic E-state index is 13.8. The Kier molecular flexibility index (Phi) is 7.68. The molecule has 2 atom stereocenters. The second-order valence-electron chi connectivity index (χ2n) is 10.1. The highest BCUT2D eigenvalue weighted by Crippen LogP contribution is 2.46. The summed E-state index contributed by atoms with van der Waals surface area (Å²) in [6, 6.07) is 5.58. The van der Waals surface area contributed by atoms with Gasteiger partial charge in [0.2, 0.25) is 11.8 Å². The summed E-state index contributed by atoms with van der Waals surface area (Å²) in [5.74, 6) is -2.79. The fourth-order valence-corrected chi connectivity index (χ4v) is 4.76. The molecule has 2 aromatic carbocycles. The van der Waals surface area contributed by atoms with Crippen LogP contribution in [0.5, 0.6) is 0 Å². The van der Waals surface area contributed by atoms with E-state index in [1.807, 2.05) is 0 Å². The Labute approximate surface area is 220 Å². The van der Waals surface area contributed by atoms with Gasteiger partial charge in [0, 0.05) is 39.2 Å². The lowest BCUT2D eigenvalue weighted by atomic mass is 9.78. The van der Waals surface area contributed by atoms with Crippen LogP contribution < -0.4 is 5.32 Å². The van der Waals surface area contributed by atoms with Crippen LogP contribution in [-0.2, 0) is 21.9 Å². The molecule has 1 fully saturated rings. The van der Waals surface area contributed by atoms with Crippen LogP contribution in [-0.4, -0.2) is 54.7 Å². The van der Waals surface area contributed by atoms with E-state index in [1.165, 1.54) is 31.1 Å². The van der Waals surface area contributed by atoms with Gasteiger partial charge in [0.05, 0.1) is 23.1 Å². The number of halogens is 6. The summed E-state index contributed by atoms with van der Waals surface area (Å²) in [4.78, 5) is 41.8. The summed E-state index contributed by atoms with van der Waals surface area (Å²) in [5.41, 5.74) is -3.31. The molecule has 0 saturated heterocycles. The van der Waals surface area contributed by atoms with Gasteiger partial charge in [0.1, 0.15) is 0 Å². The van der Waals surface area contributed by atoms with Gasteiger partial charge in [-0.3, -0.25) is 14.4 Å². The Hall–Kier alpha value is -3.57. The molecule has 2 unspecified atom stereocenters. The van der Waals surface area contributed by atoms with Gasteiger partial charge in [-0.15, -0.1) is 0 Å². The second kappa shape index (κ2) is 10.5. The molecule has 2 aromatic rings. The van der Waals surface area contributed by atoms with E-state index in [1.54, 1.807) is 12.1 Å². The van der Waals surface area contributed by atoms with Crippen molar-refractivity contribution in [2.75, 3.05) is 27.2 Å². The largest absolute Gasteiger partial charge is 0.416 e. The van der Waals surface area contributed by atoms with Gasteiger partial charge in [0.15, 0.2) is 0 Å². The first-order valence-electron chi connectivity index (χ1n) is 12.4. The lowest BCUT2D eigenvalue weighted by Gasteiger charge is -2.42. The third kappa shape index (κ3) is 6.20. The number of nitrogens with one attached hydrogen (secondary N) is 1. The molecule has 0 radical (unpaired) electrons. The van der Waals surface area contributed by atoms with Crippen LogP contribution in [0, 0.1) is 5.92 Å². The van der Waals surface area contributed by atoms with Crippen molar-refractivity contribution in [2.45, 2.75) is 43.6 Å². The van der Waals surface area contributed by atoms with Crippen molar-refractivity contribution >= 4 is 17.7 Å². The summed E-state index contributed by atoms with van der Waals surface area (Å²) in [6.45, 7) is -0.0213. The second-order valence-corrected chi connectivity index (χ2v) is 10.1. The topological polar surface area (TPSA) is 69.7 Å². The first kappa shape index (κ1) is 28.4. The Bertz CT molecular complexity index is 1240. The minimum Gasteiger partial charge on any atom is -0.355 e. The molecule has 0 spiro atoms. The van der Waals surface area contributed by atoms with Crippen molar-refractivity contribution in [1.82, 2.24) is 15.1 Å². The van der Waals surface area contributed by atoms with E-state index in [0.29, 0.717) is 18.7 Å². The van der Waals surface area contributed by atoms with Crippen LogP contribution in [0.3, 0.4) is 0 Å².